The van der Waals surface area contributed by atoms with E-state index in [1.807, 2.05) is 6.07 Å². The van der Waals surface area contributed by atoms with Crippen LogP contribution in [0.5, 0.6) is 5.75 Å². The summed E-state index contributed by atoms with van der Waals surface area (Å²) in [4.78, 5) is 0. The Kier molecular flexibility index (Phi) is 4.38. The molecular formula is C22H24O. The second-order valence-corrected chi connectivity index (χ2v) is 7.31. The van der Waals surface area contributed by atoms with Gasteiger partial charge in [0.25, 0.3) is 0 Å². The highest BCUT2D eigenvalue weighted by Gasteiger charge is 2.11. The first-order chi connectivity index (χ1) is 11.0. The smallest absolute Gasteiger partial charge is 0.120 e. The lowest BCUT2D eigenvalue weighted by atomic mass is 9.88. The van der Waals surface area contributed by atoms with Crippen molar-refractivity contribution in [3.8, 4) is 5.75 Å². The molecule has 0 atom stereocenters. The van der Waals surface area contributed by atoms with Crippen molar-refractivity contribution in [3.63, 3.8) is 0 Å². The lowest BCUT2D eigenvalue weighted by Crippen LogP contribution is -2.09. The molecule has 3 rings (SSSR count). The standard InChI is InChI=1S/C22H24O/c1-22(2,3)15-17-8-6-12-20(14-17)23-16-19-11-7-10-18-9-4-5-13-21(18)19/h4-14H,15-16H2,1-3H3. The fraction of sp³-hybridized carbons (Fsp3) is 0.273. The molecule has 0 bridgehead atoms. The van der Waals surface area contributed by atoms with Gasteiger partial charge in [-0.05, 0) is 45.9 Å². The molecule has 0 heterocycles. The molecule has 23 heavy (non-hydrogen) atoms. The van der Waals surface area contributed by atoms with E-state index < -0.39 is 0 Å². The molecule has 0 aromatic heterocycles. The largest absolute Gasteiger partial charge is 0.489 e. The van der Waals surface area contributed by atoms with E-state index in [0.717, 1.165) is 12.2 Å². The van der Waals surface area contributed by atoms with Gasteiger partial charge in [-0.15, -0.1) is 0 Å². The zero-order chi connectivity index (χ0) is 16.3. The number of hydrogen-bond acceptors (Lipinski definition) is 1. The van der Waals surface area contributed by atoms with Crippen LogP contribution in [0.3, 0.4) is 0 Å². The van der Waals surface area contributed by atoms with Gasteiger partial charge in [0.15, 0.2) is 0 Å². The first-order valence-electron chi connectivity index (χ1n) is 8.20. The van der Waals surface area contributed by atoms with E-state index in [-0.39, 0.29) is 5.41 Å². The van der Waals surface area contributed by atoms with Crippen LogP contribution in [-0.4, -0.2) is 0 Å². The summed E-state index contributed by atoms with van der Waals surface area (Å²) in [6, 6.07) is 23.3. The Morgan fingerprint density at radius 2 is 1.57 bits per heavy atom. The summed E-state index contributed by atoms with van der Waals surface area (Å²) in [5.74, 6) is 0.944. The van der Waals surface area contributed by atoms with Crippen molar-refractivity contribution in [2.45, 2.75) is 33.8 Å². The normalized spacial score (nSPS) is 11.6. The lowest BCUT2D eigenvalue weighted by molar-refractivity contribution is 0.307. The first kappa shape index (κ1) is 15.6. The van der Waals surface area contributed by atoms with Gasteiger partial charge in [-0.1, -0.05) is 75.4 Å². The number of rotatable bonds is 4. The van der Waals surface area contributed by atoms with E-state index in [4.69, 9.17) is 4.74 Å². The third-order valence-corrected chi connectivity index (χ3v) is 3.91. The first-order valence-corrected chi connectivity index (χ1v) is 8.20. The Labute approximate surface area is 138 Å². The summed E-state index contributed by atoms with van der Waals surface area (Å²) >= 11 is 0. The number of benzene rings is 3. The second kappa shape index (κ2) is 6.45. The van der Waals surface area contributed by atoms with Crippen LogP contribution in [0.15, 0.2) is 66.7 Å². The predicted octanol–water partition coefficient (Wildman–Crippen LogP) is 6.01. The maximum absolute atomic E-state index is 6.06. The molecule has 0 unspecified atom stereocenters. The average molecular weight is 304 g/mol. The molecule has 0 aliphatic rings. The second-order valence-electron chi connectivity index (χ2n) is 7.31. The van der Waals surface area contributed by atoms with Gasteiger partial charge in [-0.25, -0.2) is 0 Å². The van der Waals surface area contributed by atoms with Crippen molar-refractivity contribution in [1.29, 1.82) is 0 Å². The molecule has 0 fully saturated rings. The van der Waals surface area contributed by atoms with Crippen molar-refractivity contribution in [2.75, 3.05) is 0 Å². The van der Waals surface area contributed by atoms with E-state index in [0.29, 0.717) is 6.61 Å². The van der Waals surface area contributed by atoms with Gasteiger partial charge in [-0.3, -0.25) is 0 Å². The summed E-state index contributed by atoms with van der Waals surface area (Å²) in [6.45, 7) is 7.38. The molecule has 0 saturated heterocycles. The Balaban J connectivity index is 1.76. The van der Waals surface area contributed by atoms with E-state index in [1.54, 1.807) is 0 Å². The van der Waals surface area contributed by atoms with Crippen molar-refractivity contribution in [2.24, 2.45) is 5.41 Å². The highest BCUT2D eigenvalue weighted by atomic mass is 16.5. The van der Waals surface area contributed by atoms with Gasteiger partial charge in [0.2, 0.25) is 0 Å². The highest BCUT2D eigenvalue weighted by Crippen LogP contribution is 2.24. The van der Waals surface area contributed by atoms with Crippen LogP contribution in [0.2, 0.25) is 0 Å². The number of hydrogen-bond donors (Lipinski definition) is 0. The van der Waals surface area contributed by atoms with E-state index >= 15 is 0 Å². The zero-order valence-corrected chi connectivity index (χ0v) is 14.2. The third-order valence-electron chi connectivity index (χ3n) is 3.91. The molecule has 3 aromatic rings. The maximum Gasteiger partial charge on any atom is 0.120 e. The average Bonchev–Trinajstić information content (AvgIpc) is 2.51. The monoisotopic (exact) mass is 304 g/mol. The molecule has 0 spiro atoms. The minimum absolute atomic E-state index is 0.286. The number of fused-ring (bicyclic) bond motifs is 1. The Morgan fingerprint density at radius 1 is 0.826 bits per heavy atom. The van der Waals surface area contributed by atoms with Gasteiger partial charge in [0.05, 0.1) is 0 Å². The summed E-state index contributed by atoms with van der Waals surface area (Å²) in [7, 11) is 0. The maximum atomic E-state index is 6.06. The minimum Gasteiger partial charge on any atom is -0.489 e. The van der Waals surface area contributed by atoms with Crippen LogP contribution in [0.4, 0.5) is 0 Å². The number of ether oxygens (including phenoxy) is 1. The van der Waals surface area contributed by atoms with E-state index in [1.165, 1.54) is 21.9 Å². The quantitative estimate of drug-likeness (QED) is 0.573. The molecule has 0 radical (unpaired) electrons. The van der Waals surface area contributed by atoms with Gasteiger partial charge >= 0.3 is 0 Å². The molecule has 1 heteroatoms. The molecule has 118 valence electrons. The van der Waals surface area contributed by atoms with Crippen LogP contribution >= 0.6 is 0 Å². The van der Waals surface area contributed by atoms with Crippen LogP contribution in [0.1, 0.15) is 31.9 Å². The molecule has 1 nitrogen and oxygen atoms in total. The Hall–Kier alpha value is -2.28. The molecule has 0 amide bonds. The molecular weight excluding hydrogens is 280 g/mol. The molecule has 3 aromatic carbocycles. The van der Waals surface area contributed by atoms with Gasteiger partial charge < -0.3 is 4.74 Å². The van der Waals surface area contributed by atoms with Crippen molar-refractivity contribution in [1.82, 2.24) is 0 Å². The van der Waals surface area contributed by atoms with E-state index in [2.05, 4.69) is 81.4 Å². The minimum atomic E-state index is 0.286. The summed E-state index contributed by atoms with van der Waals surface area (Å²) in [5.41, 5.74) is 2.84. The summed E-state index contributed by atoms with van der Waals surface area (Å²) in [6.07, 6.45) is 1.05. The molecule has 0 N–H and O–H groups in total. The predicted molar refractivity (Wildman–Crippen MR) is 97.9 cm³/mol. The fourth-order valence-electron chi connectivity index (χ4n) is 2.94. The SMILES string of the molecule is CC(C)(C)Cc1cccc(OCc2cccc3ccccc23)c1. The summed E-state index contributed by atoms with van der Waals surface area (Å²) in [5, 5.41) is 2.52. The third kappa shape index (κ3) is 4.13. The molecule has 0 saturated carbocycles. The van der Waals surface area contributed by atoms with Crippen LogP contribution in [0.25, 0.3) is 10.8 Å². The van der Waals surface area contributed by atoms with E-state index in [9.17, 15) is 0 Å². The van der Waals surface area contributed by atoms with Crippen molar-refractivity contribution < 1.29 is 4.74 Å². The van der Waals surface area contributed by atoms with Crippen LogP contribution in [0, 0.1) is 5.41 Å². The fourth-order valence-corrected chi connectivity index (χ4v) is 2.94. The summed E-state index contributed by atoms with van der Waals surface area (Å²) < 4.78 is 6.06. The zero-order valence-electron chi connectivity index (χ0n) is 14.2. The van der Waals surface area contributed by atoms with Crippen molar-refractivity contribution >= 4 is 10.8 Å². The van der Waals surface area contributed by atoms with Crippen molar-refractivity contribution in [3.05, 3.63) is 77.9 Å². The van der Waals surface area contributed by atoms with Gasteiger partial charge in [0, 0.05) is 0 Å². The van der Waals surface area contributed by atoms with Gasteiger partial charge in [0.1, 0.15) is 12.4 Å². The van der Waals surface area contributed by atoms with Gasteiger partial charge in [-0.2, -0.15) is 0 Å². The molecule has 0 aliphatic carbocycles. The van der Waals surface area contributed by atoms with Crippen LogP contribution < -0.4 is 4.74 Å². The van der Waals surface area contributed by atoms with Crippen LogP contribution in [-0.2, 0) is 13.0 Å². The lowest BCUT2D eigenvalue weighted by Gasteiger charge is -2.18. The Morgan fingerprint density at radius 3 is 2.39 bits per heavy atom. The Bertz CT molecular complexity index is 791. The molecule has 0 aliphatic heterocycles. The highest BCUT2D eigenvalue weighted by molar-refractivity contribution is 5.85. The topological polar surface area (TPSA) is 9.23 Å².